The second-order valence-electron chi connectivity index (χ2n) is 20.2. The molecule has 13 heteroatoms. The van der Waals surface area contributed by atoms with Crippen LogP contribution in [0.5, 0.6) is 57.5 Å². The van der Waals surface area contributed by atoms with E-state index in [0.29, 0.717) is 75.0 Å². The maximum atomic E-state index is 15.3. The molecule has 6 aromatic carbocycles. The Labute approximate surface area is 393 Å². The highest BCUT2D eigenvalue weighted by molar-refractivity contribution is 7.43. The average Bonchev–Trinajstić information content (AvgIpc) is 3.97. The third-order valence-corrected chi connectivity index (χ3v) is 14.4. The van der Waals surface area contributed by atoms with Crippen LogP contribution in [0.1, 0.15) is 105 Å². The zero-order valence-electron chi connectivity index (χ0n) is 38.8. The van der Waals surface area contributed by atoms with Gasteiger partial charge in [0.25, 0.3) is 0 Å². The Bertz CT molecular complexity index is 2640. The van der Waals surface area contributed by atoms with Crippen molar-refractivity contribution in [2.24, 2.45) is 0 Å². The molecule has 0 aromatic heterocycles. The van der Waals surface area contributed by atoms with E-state index in [-0.39, 0.29) is 5.78 Å². The molecule has 0 bridgehead atoms. The fraction of sp³-hybridized carbons (Fsp3) is 0.315. The van der Waals surface area contributed by atoms with Crippen LogP contribution in [0.15, 0.2) is 109 Å². The molecule has 6 aromatic rings. The smallest absolute Gasteiger partial charge is 0.483 e. The van der Waals surface area contributed by atoms with Crippen LogP contribution in [0, 0.1) is 0 Å². The number of fused-ring (bicyclic) bond motifs is 6. The van der Waals surface area contributed by atoms with Crippen LogP contribution in [0.4, 0.5) is 0 Å². The van der Waals surface area contributed by atoms with Gasteiger partial charge in [0.05, 0.1) is 11.1 Å². The van der Waals surface area contributed by atoms with E-state index >= 15 is 4.79 Å². The molecule has 11 nitrogen and oxygen atoms in total. The van der Waals surface area contributed by atoms with Gasteiger partial charge in [-0.1, -0.05) is 72.8 Å². The number of hydrogen-bond donors (Lipinski definition) is 0. The summed E-state index contributed by atoms with van der Waals surface area (Å²) in [5.41, 5.74) is 4.73. The Morgan fingerprint density at radius 2 is 0.597 bits per heavy atom. The molecule has 0 saturated heterocycles. The summed E-state index contributed by atoms with van der Waals surface area (Å²) in [4.78, 5) is 15.3. The van der Waals surface area contributed by atoms with Gasteiger partial charge in [0, 0.05) is 47.9 Å². The molecular formula is C54H52O11P2. The van der Waals surface area contributed by atoms with Crippen molar-refractivity contribution in [3.8, 4) is 57.5 Å². The molecule has 0 radical (unpaired) electrons. The summed E-state index contributed by atoms with van der Waals surface area (Å²) in [5.74, 6) is 4.75. The van der Waals surface area contributed by atoms with E-state index in [1.807, 2.05) is 152 Å². The van der Waals surface area contributed by atoms with Crippen LogP contribution in [-0.4, -0.2) is 28.2 Å². The molecule has 4 aliphatic heterocycles. The second kappa shape index (κ2) is 16.0. The minimum absolute atomic E-state index is 0.292. The molecule has 0 amide bonds. The molecular weight excluding hydrogens is 887 g/mol. The van der Waals surface area contributed by atoms with Crippen molar-refractivity contribution in [3.05, 3.63) is 154 Å². The largest absolute Gasteiger partial charge is 0.530 e. The number of carbonyl (C=O) groups is 1. The lowest BCUT2D eigenvalue weighted by atomic mass is 9.84. The summed E-state index contributed by atoms with van der Waals surface area (Å²) < 4.78 is 66.0. The van der Waals surface area contributed by atoms with E-state index in [4.69, 9.17) is 46.1 Å². The third-order valence-electron chi connectivity index (χ3n) is 12.3. The maximum absolute atomic E-state index is 15.3. The first-order valence-electron chi connectivity index (χ1n) is 22.7. The molecule has 1 aliphatic carbocycles. The Hall–Kier alpha value is -6.15. The highest BCUT2D eigenvalue weighted by atomic mass is 31.2. The number of rotatable bonds is 12. The Balaban J connectivity index is 0.942. The van der Waals surface area contributed by atoms with Crippen molar-refractivity contribution in [1.29, 1.82) is 0 Å². The lowest BCUT2D eigenvalue weighted by Gasteiger charge is -2.26. The van der Waals surface area contributed by atoms with E-state index in [1.54, 1.807) is 12.1 Å². The normalized spacial score (nSPS) is 17.9. The fourth-order valence-corrected chi connectivity index (χ4v) is 11.7. The topological polar surface area (TPSA) is 109 Å². The van der Waals surface area contributed by atoms with Gasteiger partial charge in [-0.3, -0.25) is 4.79 Å². The van der Waals surface area contributed by atoms with Gasteiger partial charge >= 0.3 is 17.2 Å². The first-order chi connectivity index (χ1) is 32.0. The van der Waals surface area contributed by atoms with Gasteiger partial charge in [-0.05, 0) is 109 Å². The molecule has 344 valence electrons. The molecule has 0 N–H and O–H groups in total. The van der Waals surface area contributed by atoms with Crippen LogP contribution < -0.4 is 46.1 Å². The number of ketones is 1. The van der Waals surface area contributed by atoms with Crippen LogP contribution in [-0.2, 0) is 32.1 Å². The lowest BCUT2D eigenvalue weighted by Crippen LogP contribution is -2.24. The minimum atomic E-state index is -2.27. The number of benzene rings is 6. The zero-order valence-corrected chi connectivity index (χ0v) is 40.6. The second-order valence-corrected chi connectivity index (χ2v) is 22.2. The van der Waals surface area contributed by atoms with Gasteiger partial charge in [-0.15, -0.1) is 0 Å². The van der Waals surface area contributed by atoms with Gasteiger partial charge in [-0.2, -0.15) is 0 Å². The van der Waals surface area contributed by atoms with Crippen LogP contribution >= 0.6 is 17.2 Å². The van der Waals surface area contributed by atoms with E-state index in [2.05, 4.69) is 0 Å². The molecule has 5 aliphatic rings. The third kappa shape index (κ3) is 8.46. The number of carbonyl (C=O) groups excluding carboxylic acids is 1. The molecule has 4 heterocycles. The monoisotopic (exact) mass is 938 g/mol. The minimum Gasteiger partial charge on any atom is -0.483 e. The van der Waals surface area contributed by atoms with E-state index in [9.17, 15) is 0 Å². The lowest BCUT2D eigenvalue weighted by molar-refractivity contribution is 0.103. The molecule has 0 unspecified atom stereocenters. The summed E-state index contributed by atoms with van der Waals surface area (Å²) >= 11 is 0. The molecule has 11 rings (SSSR count). The molecule has 67 heavy (non-hydrogen) atoms. The van der Waals surface area contributed by atoms with Crippen LogP contribution in [0.25, 0.3) is 0 Å². The van der Waals surface area contributed by atoms with Crippen molar-refractivity contribution in [2.45, 2.75) is 110 Å². The summed E-state index contributed by atoms with van der Waals surface area (Å²) in [7, 11) is -4.53. The first kappa shape index (κ1) is 43.4. The predicted molar refractivity (Wildman–Crippen MR) is 256 cm³/mol. The van der Waals surface area contributed by atoms with E-state index < -0.39 is 39.6 Å². The maximum Gasteiger partial charge on any atom is 0.530 e. The summed E-state index contributed by atoms with van der Waals surface area (Å²) in [6.07, 6.45) is 3.30. The Morgan fingerprint density at radius 1 is 0.358 bits per heavy atom. The summed E-state index contributed by atoms with van der Waals surface area (Å²) in [6.45, 7) is 16.4. The van der Waals surface area contributed by atoms with E-state index in [0.717, 1.165) is 59.1 Å². The standard InChI is InChI=1S/C54H52O11P2/c1-51(2)28-34-17-11-23-40(47(34)56-51)62-66(63-41-24-12-18-35-29-52(3,4)57-48(35)41)60-38-21-9-15-32-27-33-16-10-22-39(45(33)46(55)44(32)38)61-67(64-42-25-13-19-36-30-53(5,6)58-49(36)42)65-43-26-14-20-37-31-54(7,8)59-50(37)43/h9-26H,27-31H2,1-8H3. The van der Waals surface area contributed by atoms with Gasteiger partial charge in [0.15, 0.2) is 46.0 Å². The number of ether oxygens (including phenoxy) is 4. The molecule has 0 atom stereocenters. The van der Waals surface area contributed by atoms with Gasteiger partial charge in [0.1, 0.15) is 33.9 Å². The highest BCUT2D eigenvalue weighted by Gasteiger charge is 2.40. The van der Waals surface area contributed by atoms with Gasteiger partial charge in [-0.25, -0.2) is 0 Å². The van der Waals surface area contributed by atoms with Crippen molar-refractivity contribution in [1.82, 2.24) is 0 Å². The predicted octanol–water partition coefficient (Wildman–Crippen LogP) is 13.2. The highest BCUT2D eigenvalue weighted by Crippen LogP contribution is 2.56. The van der Waals surface area contributed by atoms with Gasteiger partial charge < -0.3 is 46.1 Å². The first-order valence-corrected chi connectivity index (χ1v) is 24.8. The molecule has 0 fully saturated rings. The fourth-order valence-electron chi connectivity index (χ4n) is 9.68. The quantitative estimate of drug-likeness (QED) is 0.109. The van der Waals surface area contributed by atoms with Gasteiger partial charge in [0.2, 0.25) is 5.78 Å². The van der Waals surface area contributed by atoms with Crippen LogP contribution in [0.2, 0.25) is 0 Å². The zero-order chi connectivity index (χ0) is 46.5. The Morgan fingerprint density at radius 3 is 0.881 bits per heavy atom. The summed E-state index contributed by atoms with van der Waals surface area (Å²) in [5, 5.41) is 0. The van der Waals surface area contributed by atoms with E-state index in [1.165, 1.54) is 0 Å². The Kier molecular flexibility index (Phi) is 10.4. The van der Waals surface area contributed by atoms with Crippen molar-refractivity contribution in [3.63, 3.8) is 0 Å². The van der Waals surface area contributed by atoms with Crippen molar-refractivity contribution in [2.75, 3.05) is 0 Å². The number of para-hydroxylation sites is 4. The van der Waals surface area contributed by atoms with Crippen molar-refractivity contribution < 1.29 is 50.9 Å². The molecule has 0 spiro atoms. The van der Waals surface area contributed by atoms with Crippen LogP contribution in [0.3, 0.4) is 0 Å². The average molecular weight is 939 g/mol. The SMILES string of the molecule is CC1(C)Cc2cccc(OP(Oc3cccc4c3OC(C)(C)C4)Oc3cccc4c3C(=O)c3c(cccc3OP(Oc3cccc5c3OC(C)(C)C5)Oc3cccc5c3OC(C)(C)C5)C4)c2O1. The number of hydrogen-bond acceptors (Lipinski definition) is 11. The summed E-state index contributed by atoms with van der Waals surface area (Å²) in [6, 6.07) is 34.4. The molecule has 0 saturated carbocycles. The van der Waals surface area contributed by atoms with Crippen molar-refractivity contribution >= 4 is 23.0 Å².